The van der Waals surface area contributed by atoms with Gasteiger partial charge >= 0.3 is 0 Å². The highest BCUT2D eigenvalue weighted by Gasteiger charge is 2.27. The number of nitrogens with zero attached hydrogens (tertiary/aromatic N) is 1. The summed E-state index contributed by atoms with van der Waals surface area (Å²) in [7, 11) is 0. The van der Waals surface area contributed by atoms with E-state index in [0.717, 1.165) is 5.92 Å². The summed E-state index contributed by atoms with van der Waals surface area (Å²) in [6.07, 6.45) is 8.48. The fourth-order valence-electron chi connectivity index (χ4n) is 2.76. The van der Waals surface area contributed by atoms with Crippen LogP contribution >= 0.6 is 0 Å². The molecule has 1 unspecified atom stereocenters. The standard InChI is InChI=1S/C14H28N2/c1-3-14(2)12-16(11-5-9-15-14)10-4-6-13-7-8-13/h13,15H,3-12H2,1-2H3. The first-order chi connectivity index (χ1) is 7.72. The average Bonchev–Trinajstić information content (AvgIpc) is 3.08. The first-order valence-corrected chi connectivity index (χ1v) is 7.19. The SMILES string of the molecule is CCC1(C)CN(CCCC2CC2)CCCN1. The second kappa shape index (κ2) is 5.50. The largest absolute Gasteiger partial charge is 0.310 e. The zero-order valence-corrected chi connectivity index (χ0v) is 11.1. The molecule has 1 atom stereocenters. The molecular weight excluding hydrogens is 196 g/mol. The molecule has 1 aliphatic heterocycles. The topological polar surface area (TPSA) is 15.3 Å². The van der Waals surface area contributed by atoms with E-state index < -0.39 is 0 Å². The Morgan fingerprint density at radius 1 is 1.38 bits per heavy atom. The summed E-state index contributed by atoms with van der Waals surface area (Å²) < 4.78 is 0. The van der Waals surface area contributed by atoms with Gasteiger partial charge in [0.25, 0.3) is 0 Å². The highest BCUT2D eigenvalue weighted by molar-refractivity contribution is 4.88. The van der Waals surface area contributed by atoms with Crippen LogP contribution < -0.4 is 5.32 Å². The summed E-state index contributed by atoms with van der Waals surface area (Å²) in [5, 5.41) is 3.71. The Morgan fingerprint density at radius 3 is 2.88 bits per heavy atom. The third-order valence-corrected chi connectivity index (χ3v) is 4.34. The van der Waals surface area contributed by atoms with Crippen LogP contribution in [0.1, 0.15) is 52.4 Å². The van der Waals surface area contributed by atoms with Crippen molar-refractivity contribution >= 4 is 0 Å². The molecule has 1 N–H and O–H groups in total. The molecule has 0 aromatic rings. The van der Waals surface area contributed by atoms with Gasteiger partial charge in [0.1, 0.15) is 0 Å². The molecule has 1 saturated carbocycles. The van der Waals surface area contributed by atoms with Gasteiger partial charge in [-0.3, -0.25) is 0 Å². The molecule has 1 saturated heterocycles. The van der Waals surface area contributed by atoms with Crippen LogP contribution in [0.25, 0.3) is 0 Å². The highest BCUT2D eigenvalue weighted by Crippen LogP contribution is 2.33. The van der Waals surface area contributed by atoms with Crippen LogP contribution in [0.4, 0.5) is 0 Å². The van der Waals surface area contributed by atoms with Crippen molar-refractivity contribution in [2.75, 3.05) is 26.2 Å². The van der Waals surface area contributed by atoms with E-state index in [9.17, 15) is 0 Å². The summed E-state index contributed by atoms with van der Waals surface area (Å²) in [5.41, 5.74) is 0.357. The lowest BCUT2D eigenvalue weighted by molar-refractivity contribution is 0.211. The van der Waals surface area contributed by atoms with E-state index in [1.165, 1.54) is 64.7 Å². The highest BCUT2D eigenvalue weighted by atomic mass is 15.2. The zero-order chi connectivity index (χ0) is 11.4. The van der Waals surface area contributed by atoms with Gasteiger partial charge in [-0.25, -0.2) is 0 Å². The Hall–Kier alpha value is -0.0800. The van der Waals surface area contributed by atoms with Crippen LogP contribution in [0.5, 0.6) is 0 Å². The van der Waals surface area contributed by atoms with Gasteiger partial charge in [0.2, 0.25) is 0 Å². The zero-order valence-electron chi connectivity index (χ0n) is 11.1. The summed E-state index contributed by atoms with van der Waals surface area (Å²) in [6.45, 7) is 9.76. The molecule has 0 radical (unpaired) electrons. The summed E-state index contributed by atoms with van der Waals surface area (Å²) >= 11 is 0. The van der Waals surface area contributed by atoms with Crippen molar-refractivity contribution in [3.63, 3.8) is 0 Å². The quantitative estimate of drug-likeness (QED) is 0.772. The molecular formula is C14H28N2. The predicted molar refractivity (Wildman–Crippen MR) is 69.7 cm³/mol. The molecule has 2 nitrogen and oxygen atoms in total. The lowest BCUT2D eigenvalue weighted by Crippen LogP contribution is -2.48. The molecule has 0 aromatic carbocycles. The average molecular weight is 224 g/mol. The van der Waals surface area contributed by atoms with Gasteiger partial charge in [-0.15, -0.1) is 0 Å². The first-order valence-electron chi connectivity index (χ1n) is 7.19. The van der Waals surface area contributed by atoms with Crippen LogP contribution in [-0.4, -0.2) is 36.6 Å². The van der Waals surface area contributed by atoms with E-state index in [1.54, 1.807) is 0 Å². The van der Waals surface area contributed by atoms with Crippen molar-refractivity contribution in [1.82, 2.24) is 10.2 Å². The van der Waals surface area contributed by atoms with Crippen molar-refractivity contribution < 1.29 is 0 Å². The Balaban J connectivity index is 1.73. The third-order valence-electron chi connectivity index (χ3n) is 4.34. The van der Waals surface area contributed by atoms with Crippen LogP contribution in [0.15, 0.2) is 0 Å². The molecule has 2 rings (SSSR count). The molecule has 2 fully saturated rings. The normalized spacial score (nSPS) is 32.6. The molecule has 94 valence electrons. The van der Waals surface area contributed by atoms with Gasteiger partial charge < -0.3 is 10.2 Å². The number of hydrogen-bond acceptors (Lipinski definition) is 2. The maximum absolute atomic E-state index is 3.71. The van der Waals surface area contributed by atoms with Crippen molar-refractivity contribution in [1.29, 1.82) is 0 Å². The van der Waals surface area contributed by atoms with Gasteiger partial charge in [-0.1, -0.05) is 19.8 Å². The van der Waals surface area contributed by atoms with Gasteiger partial charge in [0.05, 0.1) is 0 Å². The van der Waals surface area contributed by atoms with Crippen LogP contribution in [0.3, 0.4) is 0 Å². The molecule has 0 bridgehead atoms. The Kier molecular flexibility index (Phi) is 4.26. The minimum absolute atomic E-state index is 0.357. The predicted octanol–water partition coefficient (Wildman–Crippen LogP) is 2.64. The van der Waals surface area contributed by atoms with E-state index in [4.69, 9.17) is 0 Å². The Morgan fingerprint density at radius 2 is 2.19 bits per heavy atom. The van der Waals surface area contributed by atoms with E-state index in [0.29, 0.717) is 5.54 Å². The van der Waals surface area contributed by atoms with E-state index in [1.807, 2.05) is 0 Å². The first kappa shape index (κ1) is 12.4. The molecule has 2 heteroatoms. The van der Waals surface area contributed by atoms with E-state index in [-0.39, 0.29) is 0 Å². The molecule has 1 aliphatic carbocycles. The summed E-state index contributed by atoms with van der Waals surface area (Å²) in [4.78, 5) is 2.69. The fraction of sp³-hybridized carbons (Fsp3) is 1.00. The monoisotopic (exact) mass is 224 g/mol. The minimum Gasteiger partial charge on any atom is -0.310 e. The maximum Gasteiger partial charge on any atom is 0.0277 e. The summed E-state index contributed by atoms with van der Waals surface area (Å²) in [5.74, 6) is 1.10. The molecule has 0 aromatic heterocycles. The Labute approximate surface area is 101 Å². The van der Waals surface area contributed by atoms with Gasteiger partial charge in [-0.05, 0) is 58.2 Å². The number of nitrogens with one attached hydrogen (secondary N) is 1. The lowest BCUT2D eigenvalue weighted by Gasteiger charge is -2.32. The van der Waals surface area contributed by atoms with Crippen LogP contribution in [0, 0.1) is 5.92 Å². The van der Waals surface area contributed by atoms with Crippen molar-refractivity contribution in [2.45, 2.75) is 57.9 Å². The van der Waals surface area contributed by atoms with Crippen molar-refractivity contribution in [3.05, 3.63) is 0 Å². The second-order valence-corrected chi connectivity index (χ2v) is 6.06. The minimum atomic E-state index is 0.357. The molecule has 0 amide bonds. The maximum atomic E-state index is 3.71. The molecule has 0 spiro atoms. The third kappa shape index (κ3) is 3.74. The fourth-order valence-corrected chi connectivity index (χ4v) is 2.76. The van der Waals surface area contributed by atoms with Crippen molar-refractivity contribution in [2.24, 2.45) is 5.92 Å². The number of rotatable bonds is 5. The van der Waals surface area contributed by atoms with Crippen LogP contribution in [0.2, 0.25) is 0 Å². The van der Waals surface area contributed by atoms with E-state index >= 15 is 0 Å². The summed E-state index contributed by atoms with van der Waals surface area (Å²) in [6, 6.07) is 0. The van der Waals surface area contributed by atoms with Crippen LogP contribution in [-0.2, 0) is 0 Å². The molecule has 16 heavy (non-hydrogen) atoms. The van der Waals surface area contributed by atoms with Crippen molar-refractivity contribution in [3.8, 4) is 0 Å². The van der Waals surface area contributed by atoms with Gasteiger partial charge in [0.15, 0.2) is 0 Å². The molecule has 2 aliphatic rings. The van der Waals surface area contributed by atoms with Gasteiger partial charge in [-0.2, -0.15) is 0 Å². The number of hydrogen-bond donors (Lipinski definition) is 1. The lowest BCUT2D eigenvalue weighted by atomic mass is 9.98. The van der Waals surface area contributed by atoms with E-state index in [2.05, 4.69) is 24.1 Å². The second-order valence-electron chi connectivity index (χ2n) is 6.06. The molecule has 1 heterocycles. The Bertz CT molecular complexity index is 213. The van der Waals surface area contributed by atoms with Gasteiger partial charge in [0, 0.05) is 12.1 Å². The smallest absolute Gasteiger partial charge is 0.0277 e.